The summed E-state index contributed by atoms with van der Waals surface area (Å²) in [7, 11) is 1.69. The molecule has 14 heavy (non-hydrogen) atoms. The van der Waals surface area contributed by atoms with E-state index < -0.39 is 12.0 Å². The Morgan fingerprint density at radius 3 is 3.00 bits per heavy atom. The van der Waals surface area contributed by atoms with Gasteiger partial charge in [0.1, 0.15) is 0 Å². The molecule has 2 N–H and O–H groups in total. The van der Waals surface area contributed by atoms with Gasteiger partial charge in [0.25, 0.3) is 0 Å². The van der Waals surface area contributed by atoms with Gasteiger partial charge in [-0.25, -0.2) is 0 Å². The second-order valence-electron chi connectivity index (χ2n) is 2.81. The van der Waals surface area contributed by atoms with Gasteiger partial charge in [-0.2, -0.15) is 5.10 Å². The standard InChI is InChI=1S/C8H11N3O3/c1-11-7(2-3-10-11)6(9-5-12)4-8(13)14/h2-3,5-6H,4H2,1H3,(H,9,12)(H,13,14)/t6-/m0/s1. The van der Waals surface area contributed by atoms with Crippen molar-refractivity contribution < 1.29 is 14.7 Å². The van der Waals surface area contributed by atoms with E-state index >= 15 is 0 Å². The van der Waals surface area contributed by atoms with E-state index in [2.05, 4.69) is 10.4 Å². The molecule has 0 saturated carbocycles. The van der Waals surface area contributed by atoms with E-state index in [1.165, 1.54) is 4.68 Å². The van der Waals surface area contributed by atoms with Crippen LogP contribution in [0, 0.1) is 0 Å². The molecule has 0 aliphatic carbocycles. The molecule has 76 valence electrons. The van der Waals surface area contributed by atoms with Crippen molar-refractivity contribution in [3.8, 4) is 0 Å². The van der Waals surface area contributed by atoms with Gasteiger partial charge in [0.15, 0.2) is 0 Å². The molecule has 6 heteroatoms. The lowest BCUT2D eigenvalue weighted by atomic mass is 10.1. The number of nitrogens with zero attached hydrogens (tertiary/aromatic N) is 2. The molecule has 1 aromatic rings. The number of carboxylic acids is 1. The molecule has 0 aromatic carbocycles. The number of carbonyl (C=O) groups is 2. The number of amides is 1. The van der Waals surface area contributed by atoms with Crippen LogP contribution in [0.4, 0.5) is 0 Å². The van der Waals surface area contributed by atoms with E-state index in [0.717, 1.165) is 0 Å². The fourth-order valence-electron chi connectivity index (χ4n) is 1.23. The molecule has 0 spiro atoms. The largest absolute Gasteiger partial charge is 0.481 e. The Hall–Kier alpha value is -1.85. The first-order valence-corrected chi connectivity index (χ1v) is 4.04. The van der Waals surface area contributed by atoms with Crippen LogP contribution in [0.25, 0.3) is 0 Å². The van der Waals surface area contributed by atoms with Crippen molar-refractivity contribution in [3.05, 3.63) is 18.0 Å². The molecule has 1 rings (SSSR count). The topological polar surface area (TPSA) is 84.2 Å². The highest BCUT2D eigenvalue weighted by Crippen LogP contribution is 2.14. The van der Waals surface area contributed by atoms with E-state index in [0.29, 0.717) is 12.1 Å². The minimum atomic E-state index is -0.967. The second-order valence-corrected chi connectivity index (χ2v) is 2.81. The quantitative estimate of drug-likeness (QED) is 0.634. The van der Waals surface area contributed by atoms with Crippen molar-refractivity contribution in [2.45, 2.75) is 12.5 Å². The fraction of sp³-hybridized carbons (Fsp3) is 0.375. The molecule has 0 bridgehead atoms. The van der Waals surface area contributed by atoms with E-state index in [1.54, 1.807) is 19.3 Å². The van der Waals surface area contributed by atoms with Crippen LogP contribution in [0.15, 0.2) is 12.3 Å². The highest BCUT2D eigenvalue weighted by Gasteiger charge is 2.17. The van der Waals surface area contributed by atoms with Crippen LogP contribution in [-0.2, 0) is 16.6 Å². The number of aromatic nitrogens is 2. The Bertz CT molecular complexity index is 334. The monoisotopic (exact) mass is 197 g/mol. The zero-order valence-corrected chi connectivity index (χ0v) is 7.67. The number of aliphatic carboxylic acids is 1. The first-order valence-electron chi connectivity index (χ1n) is 4.04. The highest BCUT2D eigenvalue weighted by molar-refractivity contribution is 5.68. The second kappa shape index (κ2) is 4.40. The Morgan fingerprint density at radius 2 is 2.57 bits per heavy atom. The molecule has 1 aromatic heterocycles. The number of hydrogen-bond acceptors (Lipinski definition) is 3. The summed E-state index contributed by atoms with van der Waals surface area (Å²) in [6.07, 6.45) is 1.88. The molecule has 1 heterocycles. The summed E-state index contributed by atoms with van der Waals surface area (Å²) < 4.78 is 1.53. The van der Waals surface area contributed by atoms with Crippen molar-refractivity contribution in [2.75, 3.05) is 0 Å². The smallest absolute Gasteiger partial charge is 0.305 e. The predicted octanol–water partition coefficient (Wildman–Crippen LogP) is -0.318. The molecular formula is C8H11N3O3. The minimum absolute atomic E-state index is 0.154. The number of nitrogens with one attached hydrogen (secondary N) is 1. The maximum Gasteiger partial charge on any atom is 0.305 e. The highest BCUT2D eigenvalue weighted by atomic mass is 16.4. The van der Waals surface area contributed by atoms with Gasteiger partial charge in [-0.05, 0) is 6.07 Å². The third kappa shape index (κ3) is 2.32. The Morgan fingerprint density at radius 1 is 1.86 bits per heavy atom. The van der Waals surface area contributed by atoms with E-state index in [9.17, 15) is 9.59 Å². The lowest BCUT2D eigenvalue weighted by Crippen LogP contribution is -2.24. The van der Waals surface area contributed by atoms with E-state index in [-0.39, 0.29) is 6.42 Å². The first kappa shape index (κ1) is 10.2. The van der Waals surface area contributed by atoms with Crippen LogP contribution >= 0.6 is 0 Å². The average Bonchev–Trinajstić information content (AvgIpc) is 2.50. The number of rotatable bonds is 5. The van der Waals surface area contributed by atoms with Crippen molar-refractivity contribution in [2.24, 2.45) is 7.05 Å². The van der Waals surface area contributed by atoms with Gasteiger partial charge in [-0.3, -0.25) is 14.3 Å². The maximum atomic E-state index is 10.5. The van der Waals surface area contributed by atoms with Crippen LogP contribution in [0.2, 0.25) is 0 Å². The van der Waals surface area contributed by atoms with Gasteiger partial charge in [0.2, 0.25) is 6.41 Å². The molecule has 0 unspecified atom stereocenters. The number of aryl methyl sites for hydroxylation is 1. The summed E-state index contributed by atoms with van der Waals surface area (Å²) in [6.45, 7) is 0. The lowest BCUT2D eigenvalue weighted by molar-refractivity contribution is -0.137. The molecule has 0 saturated heterocycles. The third-order valence-corrected chi connectivity index (χ3v) is 1.86. The normalized spacial score (nSPS) is 12.1. The summed E-state index contributed by atoms with van der Waals surface area (Å²) in [5.41, 5.74) is 0.666. The molecule has 0 aliphatic rings. The Labute approximate surface area is 80.5 Å². The summed E-state index contributed by atoms with van der Waals surface area (Å²) >= 11 is 0. The minimum Gasteiger partial charge on any atom is -0.481 e. The first-order chi connectivity index (χ1) is 6.65. The van der Waals surface area contributed by atoms with E-state index in [1.807, 2.05) is 0 Å². The van der Waals surface area contributed by atoms with Gasteiger partial charge in [0, 0.05) is 13.2 Å². The zero-order valence-electron chi connectivity index (χ0n) is 7.67. The van der Waals surface area contributed by atoms with Crippen molar-refractivity contribution in [1.82, 2.24) is 15.1 Å². The van der Waals surface area contributed by atoms with Crippen molar-refractivity contribution in [3.63, 3.8) is 0 Å². The summed E-state index contributed by atoms with van der Waals surface area (Å²) in [5, 5.41) is 14.9. The molecule has 6 nitrogen and oxygen atoms in total. The summed E-state index contributed by atoms with van der Waals surface area (Å²) in [4.78, 5) is 20.8. The fourth-order valence-corrected chi connectivity index (χ4v) is 1.23. The SMILES string of the molecule is Cn1nccc1[C@H](CC(=O)O)NC=O. The molecule has 0 radical (unpaired) electrons. The molecule has 0 aliphatic heterocycles. The average molecular weight is 197 g/mol. The number of carbonyl (C=O) groups excluding carboxylic acids is 1. The number of hydrogen-bond donors (Lipinski definition) is 2. The van der Waals surface area contributed by atoms with Crippen molar-refractivity contribution in [1.29, 1.82) is 0 Å². The van der Waals surface area contributed by atoms with E-state index in [4.69, 9.17) is 5.11 Å². The lowest BCUT2D eigenvalue weighted by Gasteiger charge is -2.13. The molecule has 0 fully saturated rings. The van der Waals surface area contributed by atoms with Crippen LogP contribution in [-0.4, -0.2) is 27.3 Å². The summed E-state index contributed by atoms with van der Waals surface area (Å²) in [5.74, 6) is -0.967. The molecule has 1 amide bonds. The zero-order chi connectivity index (χ0) is 10.6. The van der Waals surface area contributed by atoms with Gasteiger partial charge >= 0.3 is 5.97 Å². The maximum absolute atomic E-state index is 10.5. The van der Waals surface area contributed by atoms with Gasteiger partial charge in [0.05, 0.1) is 18.2 Å². The Kier molecular flexibility index (Phi) is 3.22. The van der Waals surface area contributed by atoms with Crippen LogP contribution in [0.5, 0.6) is 0 Å². The Balaban J connectivity index is 2.82. The van der Waals surface area contributed by atoms with Crippen LogP contribution in [0.3, 0.4) is 0 Å². The van der Waals surface area contributed by atoms with Crippen molar-refractivity contribution >= 4 is 12.4 Å². The van der Waals surface area contributed by atoms with Crippen LogP contribution in [0.1, 0.15) is 18.2 Å². The molecular weight excluding hydrogens is 186 g/mol. The van der Waals surface area contributed by atoms with Gasteiger partial charge in [-0.15, -0.1) is 0 Å². The van der Waals surface area contributed by atoms with Gasteiger partial charge < -0.3 is 10.4 Å². The molecule has 1 atom stereocenters. The predicted molar refractivity (Wildman–Crippen MR) is 47.4 cm³/mol. The van der Waals surface area contributed by atoms with Crippen LogP contribution < -0.4 is 5.32 Å². The third-order valence-electron chi connectivity index (χ3n) is 1.86. The number of carboxylic acid groups (broad SMARTS) is 1. The van der Waals surface area contributed by atoms with Gasteiger partial charge in [-0.1, -0.05) is 0 Å². The summed E-state index contributed by atoms with van der Waals surface area (Å²) in [6, 6.07) is 1.14.